The number of benzene rings is 6. The fourth-order valence-corrected chi connectivity index (χ4v) is 6.01. The summed E-state index contributed by atoms with van der Waals surface area (Å²) >= 11 is 0. The molecule has 0 unspecified atom stereocenters. The zero-order valence-corrected chi connectivity index (χ0v) is 34.9. The van der Waals surface area contributed by atoms with Crippen LogP contribution in [0.2, 0.25) is 0 Å². The highest BCUT2D eigenvalue weighted by Gasteiger charge is 2.36. The predicted octanol–water partition coefficient (Wildman–Crippen LogP) is 19.2. The Morgan fingerprint density at radius 3 is 0.912 bits per heavy atom. The molecule has 0 heterocycles. The van der Waals surface area contributed by atoms with Gasteiger partial charge in [-0.2, -0.15) is 39.5 Å². The third-order valence-electron chi connectivity index (χ3n) is 9.39. The maximum atomic E-state index is 13.0. The van der Waals surface area contributed by atoms with Gasteiger partial charge in [0.1, 0.15) is 6.33 Å². The van der Waals surface area contributed by atoms with E-state index in [9.17, 15) is 70.2 Å². The van der Waals surface area contributed by atoms with E-state index in [1.54, 1.807) is 60.7 Å². The molecule has 0 nitrogen and oxygen atoms in total. The van der Waals surface area contributed by atoms with Gasteiger partial charge in [-0.25, -0.2) is 30.7 Å². The Bertz CT molecular complexity index is 2660. The van der Waals surface area contributed by atoms with Crippen LogP contribution in [-0.2, 0) is 0 Å². The van der Waals surface area contributed by atoms with E-state index in [2.05, 4.69) is 0 Å². The van der Waals surface area contributed by atoms with Gasteiger partial charge in [0.2, 0.25) is 5.83 Å². The van der Waals surface area contributed by atoms with Crippen LogP contribution in [0.15, 0.2) is 183 Å². The van der Waals surface area contributed by atoms with E-state index in [-0.39, 0.29) is 34.4 Å². The second-order valence-corrected chi connectivity index (χ2v) is 14.1. The topological polar surface area (TPSA) is 0 Å². The molecule has 0 aliphatic heterocycles. The third-order valence-corrected chi connectivity index (χ3v) is 9.39. The van der Waals surface area contributed by atoms with E-state index >= 15 is 0 Å². The summed E-state index contributed by atoms with van der Waals surface area (Å²) in [5, 5.41) is 0. The molecule has 0 fully saturated rings. The van der Waals surface area contributed by atoms with Crippen molar-refractivity contribution >= 4 is 35.2 Å². The Balaban J connectivity index is 0.000000225. The van der Waals surface area contributed by atoms with Gasteiger partial charge in [-0.1, -0.05) is 146 Å². The van der Waals surface area contributed by atoms with Gasteiger partial charge < -0.3 is 0 Å². The van der Waals surface area contributed by atoms with Crippen LogP contribution < -0.4 is 0 Å². The Morgan fingerprint density at radius 1 is 0.353 bits per heavy atom. The monoisotopic (exact) mass is 962 g/mol. The minimum atomic E-state index is -4.98. The number of alkyl halides is 9. The summed E-state index contributed by atoms with van der Waals surface area (Å²) < 4.78 is 200. The van der Waals surface area contributed by atoms with Gasteiger partial charge in [0.25, 0.3) is 0 Å². The normalized spacial score (nSPS) is 13.2. The Labute approximate surface area is 379 Å². The van der Waals surface area contributed by atoms with Gasteiger partial charge in [0.05, 0.1) is 36.0 Å². The standard InChI is InChI=1S/C18H10F8.C18H13F5.C16H11F3/c19-9-15(17(21,22)23)13-5-1-11(2-6-13)12-3-7-14(8-4-12)16(10-20)18(24,25)26;1-12(19)10-13-2-6-15(7-3-13)16-8-4-14(5-9-16)11-17(20)18(21,22)23;17-10-9-12-1-3-13(4-2-12)14-5-7-15(8-6-14)16(19)11-18/h1-10H;2-11H,1H3;1-11H/b15-9-,16-10+;;10-9?,16-11-. The summed E-state index contributed by atoms with van der Waals surface area (Å²) in [5.74, 6) is -3.33. The molecule has 0 atom stereocenters. The first-order chi connectivity index (χ1) is 32.1. The quantitative estimate of drug-likeness (QED) is 0.127. The van der Waals surface area contributed by atoms with Gasteiger partial charge >= 0.3 is 18.5 Å². The van der Waals surface area contributed by atoms with E-state index in [1.807, 2.05) is 12.1 Å². The number of halogens is 16. The number of hydrogen-bond donors (Lipinski definition) is 0. The van der Waals surface area contributed by atoms with Crippen LogP contribution in [0.3, 0.4) is 0 Å². The number of rotatable bonds is 9. The second-order valence-electron chi connectivity index (χ2n) is 14.1. The lowest BCUT2D eigenvalue weighted by atomic mass is 9.98. The maximum absolute atomic E-state index is 13.0. The van der Waals surface area contributed by atoms with Crippen LogP contribution >= 0.6 is 0 Å². The lowest BCUT2D eigenvalue weighted by molar-refractivity contribution is -0.107. The number of allylic oxidation sites excluding steroid dienone is 4. The Kier molecular flexibility index (Phi) is 18.7. The van der Waals surface area contributed by atoms with Crippen molar-refractivity contribution < 1.29 is 70.2 Å². The fourth-order valence-electron chi connectivity index (χ4n) is 6.01. The van der Waals surface area contributed by atoms with Crippen molar-refractivity contribution in [1.29, 1.82) is 0 Å². The van der Waals surface area contributed by atoms with Crippen LogP contribution in [0, 0.1) is 0 Å². The smallest absolute Gasteiger partial charge is 0.216 e. The average molecular weight is 963 g/mol. The molecule has 6 rings (SSSR count). The van der Waals surface area contributed by atoms with Crippen LogP contribution in [0.4, 0.5) is 70.2 Å². The first-order valence-electron chi connectivity index (χ1n) is 19.5. The molecule has 0 saturated heterocycles. The summed E-state index contributed by atoms with van der Waals surface area (Å²) in [6, 6.07) is 36.0. The minimum Gasteiger partial charge on any atom is -0.216 e. The SMILES string of the molecule is CC(F)=Cc1ccc(-c2ccc(C=C(F)C(F)(F)F)cc2)cc1.F/C=C(/c1ccc(-c2ccc(/C(=C\F)C(F)(F)F)cc2)cc1)C(F)(F)F.FC=Cc1ccc(-c2ccc(/C(F)=C/F)cc2)cc1. The Hall–Kier alpha value is -7.36. The predicted molar refractivity (Wildman–Crippen MR) is 236 cm³/mol. The summed E-state index contributed by atoms with van der Waals surface area (Å²) in [5.41, 5.74) is 2.32. The van der Waals surface area contributed by atoms with Crippen molar-refractivity contribution in [2.45, 2.75) is 25.5 Å². The van der Waals surface area contributed by atoms with Crippen molar-refractivity contribution in [3.05, 3.63) is 216 Å². The van der Waals surface area contributed by atoms with E-state index in [4.69, 9.17) is 0 Å². The van der Waals surface area contributed by atoms with Gasteiger partial charge in [-0.3, -0.25) is 0 Å². The molecule has 68 heavy (non-hydrogen) atoms. The molecule has 6 aromatic carbocycles. The van der Waals surface area contributed by atoms with Crippen LogP contribution in [0.25, 0.3) is 68.6 Å². The van der Waals surface area contributed by atoms with E-state index < -0.39 is 54.0 Å². The molecule has 0 saturated carbocycles. The molecule has 6 aromatic rings. The van der Waals surface area contributed by atoms with Crippen molar-refractivity contribution in [3.63, 3.8) is 0 Å². The van der Waals surface area contributed by atoms with Crippen LogP contribution in [-0.4, -0.2) is 18.5 Å². The Morgan fingerprint density at radius 2 is 0.647 bits per heavy atom. The van der Waals surface area contributed by atoms with Crippen molar-refractivity contribution in [2.24, 2.45) is 0 Å². The van der Waals surface area contributed by atoms with Crippen molar-refractivity contribution in [3.8, 4) is 33.4 Å². The fraction of sp³-hybridized carbons (Fsp3) is 0.0769. The molecule has 354 valence electrons. The summed E-state index contributed by atoms with van der Waals surface area (Å²) in [6.07, 6.45) is -12.2. The summed E-state index contributed by atoms with van der Waals surface area (Å²) in [7, 11) is 0. The number of hydrogen-bond acceptors (Lipinski definition) is 0. The molecule has 0 amide bonds. The molecule has 0 aliphatic rings. The van der Waals surface area contributed by atoms with Crippen molar-refractivity contribution in [1.82, 2.24) is 0 Å². The summed E-state index contributed by atoms with van der Waals surface area (Å²) in [4.78, 5) is 0. The third kappa shape index (κ3) is 15.6. The highest BCUT2D eigenvalue weighted by molar-refractivity contribution is 5.75. The molecule has 16 heteroatoms. The molecule has 0 aromatic heterocycles. The van der Waals surface area contributed by atoms with E-state index in [1.165, 1.54) is 67.6 Å². The van der Waals surface area contributed by atoms with Gasteiger partial charge in [0, 0.05) is 5.56 Å². The maximum Gasteiger partial charge on any atom is 0.442 e. The zero-order chi connectivity index (χ0) is 50.2. The zero-order valence-electron chi connectivity index (χ0n) is 34.9. The molecule has 0 bridgehead atoms. The van der Waals surface area contributed by atoms with Gasteiger partial charge in [-0.15, -0.1) is 0 Å². The van der Waals surface area contributed by atoms with Crippen LogP contribution in [0.1, 0.15) is 40.3 Å². The average Bonchev–Trinajstić information content (AvgIpc) is 3.30. The van der Waals surface area contributed by atoms with E-state index in [0.29, 0.717) is 29.1 Å². The first kappa shape index (κ1) is 53.3. The molecular formula is C52H34F16. The highest BCUT2D eigenvalue weighted by atomic mass is 19.4. The first-order valence-corrected chi connectivity index (χ1v) is 19.5. The van der Waals surface area contributed by atoms with Crippen molar-refractivity contribution in [2.75, 3.05) is 0 Å². The molecule has 0 radical (unpaired) electrons. The molecular weight excluding hydrogens is 929 g/mol. The largest absolute Gasteiger partial charge is 0.442 e. The molecule has 0 aliphatic carbocycles. The van der Waals surface area contributed by atoms with E-state index in [0.717, 1.165) is 52.1 Å². The second kappa shape index (κ2) is 23.9. The van der Waals surface area contributed by atoms with Crippen LogP contribution in [0.5, 0.6) is 0 Å². The highest BCUT2D eigenvalue weighted by Crippen LogP contribution is 2.37. The van der Waals surface area contributed by atoms with Gasteiger partial charge in [0.15, 0.2) is 5.83 Å². The summed E-state index contributed by atoms with van der Waals surface area (Å²) in [6.45, 7) is 1.35. The lowest BCUT2D eigenvalue weighted by Gasteiger charge is -2.12. The van der Waals surface area contributed by atoms with Gasteiger partial charge in [-0.05, 0) is 86.3 Å². The molecule has 0 N–H and O–H groups in total. The minimum absolute atomic E-state index is 0.0624. The lowest BCUT2D eigenvalue weighted by Crippen LogP contribution is -2.10. The molecule has 0 spiro atoms.